The van der Waals surface area contributed by atoms with E-state index in [0.717, 1.165) is 48.9 Å². The van der Waals surface area contributed by atoms with Crippen LogP contribution in [0.15, 0.2) is 52.4 Å². The lowest BCUT2D eigenvalue weighted by atomic mass is 10.1. The summed E-state index contributed by atoms with van der Waals surface area (Å²) in [5.74, 6) is 2.15. The summed E-state index contributed by atoms with van der Waals surface area (Å²) >= 11 is 0. The van der Waals surface area contributed by atoms with Gasteiger partial charge in [-0.05, 0) is 48.6 Å². The van der Waals surface area contributed by atoms with Gasteiger partial charge in [0.05, 0.1) is 12.0 Å². The number of hydrogen-bond acceptors (Lipinski definition) is 5. The third kappa shape index (κ3) is 6.99. The van der Waals surface area contributed by atoms with Crippen LogP contribution in [-0.2, 0) is 16.4 Å². The Kier molecular flexibility index (Phi) is 9.63. The Hall–Kier alpha value is -2.01. The summed E-state index contributed by atoms with van der Waals surface area (Å²) in [4.78, 5) is 7.07. The molecule has 0 aromatic heterocycles. The molecule has 2 N–H and O–H groups in total. The fraction of sp³-hybridized carbons (Fsp3) is 0.435. The minimum Gasteiger partial charge on any atom is -0.497 e. The monoisotopic (exact) mass is 572 g/mol. The van der Waals surface area contributed by atoms with E-state index in [1.165, 1.54) is 11.9 Å². The first-order valence-corrected chi connectivity index (χ1v) is 12.3. The van der Waals surface area contributed by atoms with Crippen molar-refractivity contribution in [1.29, 1.82) is 0 Å². The number of nitrogens with zero attached hydrogens (tertiary/aromatic N) is 2. The first-order chi connectivity index (χ1) is 14.8. The molecule has 176 valence electrons. The molecule has 0 spiro atoms. The number of aryl methyl sites for hydroxylation is 1. The Balaban J connectivity index is 0.00000363. The van der Waals surface area contributed by atoms with Crippen LogP contribution in [0.5, 0.6) is 5.75 Å². The van der Waals surface area contributed by atoms with E-state index in [1.54, 1.807) is 20.2 Å². The van der Waals surface area contributed by atoms with Crippen molar-refractivity contribution in [2.75, 3.05) is 44.9 Å². The number of aliphatic imine (C=N–C) groups is 1. The molecule has 1 aliphatic heterocycles. The van der Waals surface area contributed by atoms with E-state index in [4.69, 9.17) is 4.74 Å². The van der Waals surface area contributed by atoms with Crippen LogP contribution in [0.25, 0.3) is 0 Å². The van der Waals surface area contributed by atoms with Gasteiger partial charge in [0.2, 0.25) is 0 Å². The molecular weight excluding hydrogens is 539 g/mol. The molecule has 0 amide bonds. The third-order valence-corrected chi connectivity index (χ3v) is 6.84. The minimum absolute atomic E-state index is 0. The molecule has 3 rings (SSSR count). The molecule has 0 bridgehead atoms. The number of anilines is 1. The summed E-state index contributed by atoms with van der Waals surface area (Å²) in [6.45, 7) is 5.25. The smallest absolute Gasteiger partial charge is 0.191 e. The van der Waals surface area contributed by atoms with Gasteiger partial charge in [-0.1, -0.05) is 18.2 Å². The van der Waals surface area contributed by atoms with E-state index >= 15 is 0 Å². The van der Waals surface area contributed by atoms with Crippen molar-refractivity contribution in [2.45, 2.75) is 24.8 Å². The van der Waals surface area contributed by atoms with Crippen molar-refractivity contribution in [3.63, 3.8) is 0 Å². The van der Waals surface area contributed by atoms with Gasteiger partial charge < -0.3 is 20.3 Å². The Labute approximate surface area is 208 Å². The summed E-state index contributed by atoms with van der Waals surface area (Å²) in [7, 11) is 0.244. The molecule has 2 aromatic carbocycles. The van der Waals surface area contributed by atoms with E-state index < -0.39 is 9.84 Å². The zero-order chi connectivity index (χ0) is 22.4. The Morgan fingerprint density at radius 3 is 2.66 bits per heavy atom. The number of sulfone groups is 1. The van der Waals surface area contributed by atoms with Gasteiger partial charge in [0, 0.05) is 51.2 Å². The van der Waals surface area contributed by atoms with Crippen molar-refractivity contribution >= 4 is 45.5 Å². The highest BCUT2D eigenvalue weighted by Gasteiger charge is 2.23. The van der Waals surface area contributed by atoms with Gasteiger partial charge in [0.15, 0.2) is 15.8 Å². The lowest BCUT2D eigenvalue weighted by molar-refractivity contribution is 0.415. The summed E-state index contributed by atoms with van der Waals surface area (Å²) in [6.07, 6.45) is 2.35. The maximum atomic E-state index is 11.8. The minimum atomic E-state index is -3.20. The molecule has 1 unspecified atom stereocenters. The number of benzene rings is 2. The number of guanidine groups is 1. The predicted molar refractivity (Wildman–Crippen MR) is 141 cm³/mol. The van der Waals surface area contributed by atoms with Crippen LogP contribution < -0.4 is 20.3 Å². The van der Waals surface area contributed by atoms with E-state index in [-0.39, 0.29) is 24.0 Å². The van der Waals surface area contributed by atoms with Gasteiger partial charge in [-0.2, -0.15) is 0 Å². The molecule has 32 heavy (non-hydrogen) atoms. The molecule has 1 saturated heterocycles. The van der Waals surface area contributed by atoms with Crippen molar-refractivity contribution < 1.29 is 13.2 Å². The van der Waals surface area contributed by atoms with Gasteiger partial charge in [-0.15, -0.1) is 24.0 Å². The predicted octanol–water partition coefficient (Wildman–Crippen LogP) is 3.22. The number of halogens is 1. The average molecular weight is 573 g/mol. The zero-order valence-electron chi connectivity index (χ0n) is 19.1. The van der Waals surface area contributed by atoms with Crippen LogP contribution in [-0.4, -0.2) is 54.4 Å². The van der Waals surface area contributed by atoms with E-state index in [0.29, 0.717) is 17.4 Å². The molecule has 9 heteroatoms. The van der Waals surface area contributed by atoms with Gasteiger partial charge >= 0.3 is 0 Å². The second kappa shape index (κ2) is 11.7. The van der Waals surface area contributed by atoms with E-state index in [9.17, 15) is 8.42 Å². The average Bonchev–Trinajstić information content (AvgIpc) is 3.22. The number of methoxy groups -OCH3 is 1. The molecule has 1 heterocycles. The van der Waals surface area contributed by atoms with E-state index in [1.807, 2.05) is 31.2 Å². The second-order valence-electron chi connectivity index (χ2n) is 7.98. The lowest BCUT2D eigenvalue weighted by Gasteiger charge is -2.20. The van der Waals surface area contributed by atoms with Crippen molar-refractivity contribution in [3.05, 3.63) is 53.6 Å². The highest BCUT2D eigenvalue weighted by molar-refractivity contribution is 14.0. The molecule has 7 nitrogen and oxygen atoms in total. The van der Waals surface area contributed by atoms with Gasteiger partial charge in [-0.25, -0.2) is 8.42 Å². The topological polar surface area (TPSA) is 83.0 Å². The van der Waals surface area contributed by atoms with Crippen LogP contribution >= 0.6 is 24.0 Å². The molecule has 2 aromatic rings. The van der Waals surface area contributed by atoms with Gasteiger partial charge in [0.1, 0.15) is 5.75 Å². The number of ether oxygens (including phenoxy) is 1. The van der Waals surface area contributed by atoms with Crippen LogP contribution in [0.3, 0.4) is 0 Å². The summed E-state index contributed by atoms with van der Waals surface area (Å²) in [5, 5.41) is 6.73. The second-order valence-corrected chi connectivity index (χ2v) is 9.97. The zero-order valence-corrected chi connectivity index (χ0v) is 22.2. The van der Waals surface area contributed by atoms with Crippen LogP contribution in [0.1, 0.15) is 17.5 Å². The summed E-state index contributed by atoms with van der Waals surface area (Å²) in [5.41, 5.74) is 2.96. The Morgan fingerprint density at radius 1 is 1.22 bits per heavy atom. The highest BCUT2D eigenvalue weighted by Crippen LogP contribution is 2.26. The first-order valence-electron chi connectivity index (χ1n) is 10.4. The first kappa shape index (κ1) is 26.2. The SMILES string of the molecule is CN=C(NCc1ccc(S(C)(=O)=O)c(C)c1)NCC1CCN(c2cccc(OC)c2)C1.I. The van der Waals surface area contributed by atoms with Crippen LogP contribution in [0, 0.1) is 12.8 Å². The lowest BCUT2D eigenvalue weighted by Crippen LogP contribution is -2.40. The number of hydrogen-bond donors (Lipinski definition) is 2. The fourth-order valence-corrected chi connectivity index (χ4v) is 4.88. The maximum absolute atomic E-state index is 11.8. The third-order valence-electron chi connectivity index (χ3n) is 5.58. The molecule has 1 fully saturated rings. The molecule has 0 radical (unpaired) electrons. The number of nitrogens with one attached hydrogen (secondary N) is 2. The Bertz CT molecular complexity index is 1040. The van der Waals surface area contributed by atoms with Crippen LogP contribution in [0.4, 0.5) is 5.69 Å². The number of rotatable bonds is 7. The summed E-state index contributed by atoms with van der Waals surface area (Å²) < 4.78 is 28.9. The maximum Gasteiger partial charge on any atom is 0.191 e. The van der Waals surface area contributed by atoms with Gasteiger partial charge in [0.25, 0.3) is 0 Å². The highest BCUT2D eigenvalue weighted by atomic mass is 127. The normalized spacial score (nSPS) is 16.4. The largest absolute Gasteiger partial charge is 0.497 e. The molecule has 0 aliphatic carbocycles. The van der Waals surface area contributed by atoms with E-state index in [2.05, 4.69) is 32.7 Å². The molecule has 1 atom stereocenters. The quantitative estimate of drug-likeness (QED) is 0.301. The van der Waals surface area contributed by atoms with Crippen LogP contribution in [0.2, 0.25) is 0 Å². The molecule has 0 saturated carbocycles. The van der Waals surface area contributed by atoms with Crippen molar-refractivity contribution in [1.82, 2.24) is 10.6 Å². The molecular formula is C23H33IN4O3S. The Morgan fingerprint density at radius 2 is 2.00 bits per heavy atom. The molecule has 1 aliphatic rings. The van der Waals surface area contributed by atoms with Crippen molar-refractivity contribution in [2.24, 2.45) is 10.9 Å². The van der Waals surface area contributed by atoms with Gasteiger partial charge in [-0.3, -0.25) is 4.99 Å². The summed E-state index contributed by atoms with van der Waals surface area (Å²) in [6, 6.07) is 13.6. The standard InChI is InChI=1S/C23H32N4O3S.HI/c1-17-12-18(8-9-22(17)31(4,28)29)14-25-23(24-2)26-15-19-10-11-27(16-19)20-6-5-7-21(13-20)30-3;/h5-9,12-13,19H,10-11,14-16H2,1-4H3,(H2,24,25,26);1H. The van der Waals surface area contributed by atoms with Crippen molar-refractivity contribution in [3.8, 4) is 5.75 Å². The fourth-order valence-electron chi connectivity index (χ4n) is 3.93.